The number of hydrogen-bond donors (Lipinski definition) is 2. The predicted octanol–water partition coefficient (Wildman–Crippen LogP) is 5.04. The molecule has 1 unspecified atom stereocenters. The highest BCUT2D eigenvalue weighted by molar-refractivity contribution is 5.92. The molecule has 0 bridgehead atoms. The highest BCUT2D eigenvalue weighted by atomic mass is 19.1. The van der Waals surface area contributed by atoms with Gasteiger partial charge < -0.3 is 15.5 Å². The number of halogens is 1. The Morgan fingerprint density at radius 1 is 0.963 bits per heavy atom. The Hall–Kier alpha value is -2.89. The Kier molecular flexibility index (Phi) is 6.93. The van der Waals surface area contributed by atoms with Crippen molar-refractivity contribution in [3.63, 3.8) is 0 Å². The first kappa shape index (κ1) is 20.4. The maximum absolute atomic E-state index is 13.9. The van der Waals surface area contributed by atoms with Crippen LogP contribution in [0.2, 0.25) is 0 Å². The molecule has 0 saturated carbocycles. The smallest absolute Gasteiger partial charge is 0.322 e. The highest BCUT2D eigenvalue weighted by Gasteiger charge is 2.20. The third-order valence-electron chi connectivity index (χ3n) is 4.27. The maximum atomic E-state index is 13.9. The molecule has 1 atom stereocenters. The molecule has 0 aromatic heterocycles. The molecule has 2 N–H and O–H groups in total. The lowest BCUT2D eigenvalue weighted by Crippen LogP contribution is -2.34. The minimum Gasteiger partial charge on any atom is -0.326 e. The first-order valence-electron chi connectivity index (χ1n) is 8.96. The van der Waals surface area contributed by atoms with E-state index >= 15 is 0 Å². The van der Waals surface area contributed by atoms with Crippen LogP contribution in [0.1, 0.15) is 38.8 Å². The number of nitrogens with one attached hydrogen (secondary N) is 2. The van der Waals surface area contributed by atoms with Gasteiger partial charge in [0.2, 0.25) is 5.91 Å². The van der Waals surface area contributed by atoms with Crippen molar-refractivity contribution in [2.24, 2.45) is 5.92 Å². The van der Waals surface area contributed by atoms with Gasteiger partial charge in [-0.1, -0.05) is 32.0 Å². The van der Waals surface area contributed by atoms with Gasteiger partial charge in [0, 0.05) is 30.4 Å². The standard InChI is InChI=1S/C21H26FN3O2/c1-14(2)13-20(26)23-16-9-11-17(12-10-16)24-21(27)25(4)15(3)18-7-5-6-8-19(18)22/h5-12,14-15H,13H2,1-4H3,(H,23,26)(H,24,27). The molecule has 0 aliphatic carbocycles. The van der Waals surface area contributed by atoms with Gasteiger partial charge in [-0.25, -0.2) is 9.18 Å². The van der Waals surface area contributed by atoms with Crippen molar-refractivity contribution < 1.29 is 14.0 Å². The summed E-state index contributed by atoms with van der Waals surface area (Å²) in [6, 6.07) is 12.5. The van der Waals surface area contributed by atoms with E-state index in [0.29, 0.717) is 23.4 Å². The summed E-state index contributed by atoms with van der Waals surface area (Å²) < 4.78 is 13.9. The molecule has 5 nitrogen and oxygen atoms in total. The zero-order valence-corrected chi connectivity index (χ0v) is 16.1. The molecule has 6 heteroatoms. The summed E-state index contributed by atoms with van der Waals surface area (Å²) in [6.07, 6.45) is 0.456. The van der Waals surface area contributed by atoms with E-state index < -0.39 is 6.04 Å². The van der Waals surface area contributed by atoms with Gasteiger partial charge in [0.05, 0.1) is 6.04 Å². The van der Waals surface area contributed by atoms with E-state index in [4.69, 9.17) is 0 Å². The first-order valence-corrected chi connectivity index (χ1v) is 8.96. The van der Waals surface area contributed by atoms with Crippen LogP contribution in [0.5, 0.6) is 0 Å². The zero-order valence-electron chi connectivity index (χ0n) is 16.1. The lowest BCUT2D eigenvalue weighted by Gasteiger charge is -2.26. The largest absolute Gasteiger partial charge is 0.326 e. The SMILES string of the molecule is CC(C)CC(=O)Nc1ccc(NC(=O)N(C)C(C)c2ccccc2F)cc1. The van der Waals surface area contributed by atoms with Gasteiger partial charge in [0.15, 0.2) is 0 Å². The molecule has 144 valence electrons. The van der Waals surface area contributed by atoms with Crippen LogP contribution >= 0.6 is 0 Å². The molecule has 0 saturated heterocycles. The van der Waals surface area contributed by atoms with Crippen molar-refractivity contribution in [1.82, 2.24) is 4.90 Å². The molecule has 3 amide bonds. The zero-order chi connectivity index (χ0) is 20.0. The summed E-state index contributed by atoms with van der Waals surface area (Å²) in [5.74, 6) is -0.0955. The van der Waals surface area contributed by atoms with Gasteiger partial charge in [-0.15, -0.1) is 0 Å². The number of hydrogen-bond acceptors (Lipinski definition) is 2. The van der Waals surface area contributed by atoms with Gasteiger partial charge in [-0.05, 0) is 43.2 Å². The lowest BCUT2D eigenvalue weighted by atomic mass is 10.1. The Bertz CT molecular complexity index is 790. The Labute approximate surface area is 159 Å². The predicted molar refractivity (Wildman–Crippen MR) is 106 cm³/mol. The number of nitrogens with zero attached hydrogens (tertiary/aromatic N) is 1. The Morgan fingerprint density at radius 3 is 2.07 bits per heavy atom. The van der Waals surface area contributed by atoms with Gasteiger partial charge >= 0.3 is 6.03 Å². The molecular formula is C21H26FN3O2. The molecule has 0 heterocycles. The topological polar surface area (TPSA) is 61.4 Å². The van der Waals surface area contributed by atoms with E-state index in [2.05, 4.69) is 10.6 Å². The highest BCUT2D eigenvalue weighted by Crippen LogP contribution is 2.22. The number of urea groups is 1. The molecule has 0 aliphatic heterocycles. The maximum Gasteiger partial charge on any atom is 0.322 e. The van der Waals surface area contributed by atoms with Crippen molar-refractivity contribution in [3.8, 4) is 0 Å². The first-order chi connectivity index (χ1) is 12.8. The lowest BCUT2D eigenvalue weighted by molar-refractivity contribution is -0.116. The van der Waals surface area contributed by atoms with Crippen LogP contribution in [0.15, 0.2) is 48.5 Å². The monoisotopic (exact) mass is 371 g/mol. The minimum absolute atomic E-state index is 0.0415. The van der Waals surface area contributed by atoms with Gasteiger partial charge in [-0.3, -0.25) is 4.79 Å². The fourth-order valence-electron chi connectivity index (χ4n) is 2.63. The fraction of sp³-hybridized carbons (Fsp3) is 0.333. The second kappa shape index (κ2) is 9.16. The number of carbonyl (C=O) groups is 2. The van der Waals surface area contributed by atoms with Crippen LogP contribution in [0.3, 0.4) is 0 Å². The van der Waals surface area contributed by atoms with Crippen LogP contribution in [-0.4, -0.2) is 23.9 Å². The van der Waals surface area contributed by atoms with Crippen molar-refractivity contribution in [3.05, 3.63) is 59.9 Å². The summed E-state index contributed by atoms with van der Waals surface area (Å²) in [7, 11) is 1.62. The average molecular weight is 371 g/mol. The molecule has 2 rings (SSSR count). The number of carbonyl (C=O) groups excluding carboxylic acids is 2. The molecular weight excluding hydrogens is 345 g/mol. The number of benzene rings is 2. The third-order valence-corrected chi connectivity index (χ3v) is 4.27. The van der Waals surface area contributed by atoms with E-state index in [-0.39, 0.29) is 23.7 Å². The molecule has 2 aromatic rings. The molecule has 27 heavy (non-hydrogen) atoms. The van der Waals surface area contributed by atoms with Crippen molar-refractivity contribution in [1.29, 1.82) is 0 Å². The van der Waals surface area contributed by atoms with Crippen LogP contribution in [0.4, 0.5) is 20.6 Å². The van der Waals surface area contributed by atoms with Crippen LogP contribution in [0.25, 0.3) is 0 Å². The van der Waals surface area contributed by atoms with E-state index in [0.717, 1.165) is 0 Å². The number of amides is 3. The summed E-state index contributed by atoms with van der Waals surface area (Å²) in [5, 5.41) is 5.60. The minimum atomic E-state index is -0.416. The normalized spacial score (nSPS) is 11.8. The van der Waals surface area contributed by atoms with Crippen molar-refractivity contribution >= 4 is 23.3 Å². The molecule has 0 radical (unpaired) electrons. The van der Waals surface area contributed by atoms with E-state index in [1.807, 2.05) is 13.8 Å². The van der Waals surface area contributed by atoms with Gasteiger partial charge in [0.25, 0.3) is 0 Å². The van der Waals surface area contributed by atoms with E-state index in [1.165, 1.54) is 11.0 Å². The molecule has 0 spiro atoms. The van der Waals surface area contributed by atoms with Crippen LogP contribution < -0.4 is 10.6 Å². The Morgan fingerprint density at radius 2 is 1.52 bits per heavy atom. The van der Waals surface area contributed by atoms with Gasteiger partial charge in [-0.2, -0.15) is 0 Å². The summed E-state index contributed by atoms with van der Waals surface area (Å²) in [5.41, 5.74) is 1.72. The number of anilines is 2. The molecule has 0 aliphatic rings. The summed E-state index contributed by atoms with van der Waals surface area (Å²) >= 11 is 0. The Balaban J connectivity index is 1.97. The second-order valence-electron chi connectivity index (χ2n) is 6.96. The summed E-state index contributed by atoms with van der Waals surface area (Å²) in [6.45, 7) is 5.74. The van der Waals surface area contributed by atoms with Gasteiger partial charge in [0.1, 0.15) is 5.82 Å². The molecule has 2 aromatic carbocycles. The van der Waals surface area contributed by atoms with Crippen LogP contribution in [-0.2, 0) is 4.79 Å². The number of rotatable bonds is 6. The molecule has 0 fully saturated rings. The van der Waals surface area contributed by atoms with Crippen molar-refractivity contribution in [2.45, 2.75) is 33.2 Å². The fourth-order valence-corrected chi connectivity index (χ4v) is 2.63. The van der Waals surface area contributed by atoms with E-state index in [9.17, 15) is 14.0 Å². The average Bonchev–Trinajstić information content (AvgIpc) is 2.61. The van der Waals surface area contributed by atoms with Crippen molar-refractivity contribution in [2.75, 3.05) is 17.7 Å². The summed E-state index contributed by atoms with van der Waals surface area (Å²) in [4.78, 5) is 25.7. The second-order valence-corrected chi connectivity index (χ2v) is 6.96. The third kappa shape index (κ3) is 5.81. The quantitative estimate of drug-likeness (QED) is 0.748. The van der Waals surface area contributed by atoms with Crippen LogP contribution in [0, 0.1) is 11.7 Å². The van der Waals surface area contributed by atoms with E-state index in [1.54, 1.807) is 56.4 Å².